The van der Waals surface area contributed by atoms with Gasteiger partial charge in [0.15, 0.2) is 0 Å². The second-order valence-electron chi connectivity index (χ2n) is 4.20. The van der Waals surface area contributed by atoms with Crippen molar-refractivity contribution in [3.8, 4) is 0 Å². The SMILES string of the molecule is Cc1nc(C(=O)N2CCN(S(C)(=O)=O)CC2)n[nH]1. The van der Waals surface area contributed by atoms with Crippen LogP contribution in [0.1, 0.15) is 16.4 Å². The van der Waals surface area contributed by atoms with Gasteiger partial charge in [0.2, 0.25) is 15.8 Å². The molecule has 100 valence electrons. The number of amides is 1. The number of aromatic amines is 1. The molecule has 1 N–H and O–H groups in total. The maximum Gasteiger partial charge on any atom is 0.293 e. The summed E-state index contributed by atoms with van der Waals surface area (Å²) in [5.41, 5.74) is 0. The van der Waals surface area contributed by atoms with Crippen LogP contribution in [0.5, 0.6) is 0 Å². The zero-order valence-corrected chi connectivity index (χ0v) is 11.1. The Morgan fingerprint density at radius 3 is 2.33 bits per heavy atom. The zero-order chi connectivity index (χ0) is 13.3. The summed E-state index contributed by atoms with van der Waals surface area (Å²) >= 11 is 0. The van der Waals surface area contributed by atoms with Gasteiger partial charge >= 0.3 is 0 Å². The lowest BCUT2D eigenvalue weighted by atomic mass is 10.3. The molecule has 0 saturated carbocycles. The van der Waals surface area contributed by atoms with Gasteiger partial charge in [-0.3, -0.25) is 9.89 Å². The molecule has 18 heavy (non-hydrogen) atoms. The number of H-pyrrole nitrogens is 1. The zero-order valence-electron chi connectivity index (χ0n) is 10.3. The monoisotopic (exact) mass is 273 g/mol. The van der Waals surface area contributed by atoms with Gasteiger partial charge in [-0.25, -0.2) is 13.4 Å². The van der Waals surface area contributed by atoms with Crippen molar-refractivity contribution in [3.63, 3.8) is 0 Å². The average Bonchev–Trinajstić information content (AvgIpc) is 2.74. The van der Waals surface area contributed by atoms with Gasteiger partial charge in [0.05, 0.1) is 6.26 Å². The van der Waals surface area contributed by atoms with Crippen molar-refractivity contribution in [2.75, 3.05) is 32.4 Å². The first-order chi connectivity index (χ1) is 8.38. The number of nitrogens with one attached hydrogen (secondary N) is 1. The lowest BCUT2D eigenvalue weighted by molar-refractivity contribution is 0.0686. The summed E-state index contributed by atoms with van der Waals surface area (Å²) in [6.45, 7) is 3.06. The second kappa shape index (κ2) is 4.65. The third-order valence-electron chi connectivity index (χ3n) is 2.78. The van der Waals surface area contributed by atoms with Crippen molar-refractivity contribution < 1.29 is 13.2 Å². The predicted molar refractivity (Wildman–Crippen MR) is 63.4 cm³/mol. The Bertz CT molecular complexity index is 544. The van der Waals surface area contributed by atoms with Crippen LogP contribution in [0.3, 0.4) is 0 Å². The maximum absolute atomic E-state index is 12.0. The van der Waals surface area contributed by atoms with E-state index >= 15 is 0 Å². The predicted octanol–water partition coefficient (Wildman–Crippen LogP) is -1.17. The Kier molecular flexibility index (Phi) is 3.35. The average molecular weight is 273 g/mol. The highest BCUT2D eigenvalue weighted by Gasteiger charge is 2.28. The number of hydrogen-bond donors (Lipinski definition) is 1. The van der Waals surface area contributed by atoms with Gasteiger partial charge < -0.3 is 4.90 Å². The summed E-state index contributed by atoms with van der Waals surface area (Å²) in [4.78, 5) is 17.5. The van der Waals surface area contributed by atoms with E-state index in [-0.39, 0.29) is 11.7 Å². The number of carbonyl (C=O) groups is 1. The Morgan fingerprint density at radius 1 is 1.28 bits per heavy atom. The minimum absolute atomic E-state index is 0.125. The Hall–Kier alpha value is -1.48. The quantitative estimate of drug-likeness (QED) is 0.732. The van der Waals surface area contributed by atoms with Crippen molar-refractivity contribution in [3.05, 3.63) is 11.6 Å². The summed E-state index contributed by atoms with van der Waals surface area (Å²) in [6.07, 6.45) is 1.17. The van der Waals surface area contributed by atoms with Gasteiger partial charge in [-0.15, -0.1) is 5.10 Å². The van der Waals surface area contributed by atoms with Crippen molar-refractivity contribution in [2.45, 2.75) is 6.92 Å². The fraction of sp³-hybridized carbons (Fsp3) is 0.667. The smallest absolute Gasteiger partial charge is 0.293 e. The van der Waals surface area contributed by atoms with E-state index in [9.17, 15) is 13.2 Å². The van der Waals surface area contributed by atoms with E-state index in [4.69, 9.17) is 0 Å². The highest BCUT2D eigenvalue weighted by Crippen LogP contribution is 2.08. The molecule has 0 atom stereocenters. The molecule has 2 rings (SSSR count). The number of sulfonamides is 1. The van der Waals surface area contributed by atoms with E-state index in [0.717, 1.165) is 0 Å². The lowest BCUT2D eigenvalue weighted by Crippen LogP contribution is -2.50. The van der Waals surface area contributed by atoms with Crippen LogP contribution in [-0.4, -0.2) is 71.1 Å². The molecule has 9 heteroatoms. The molecule has 0 radical (unpaired) electrons. The highest BCUT2D eigenvalue weighted by molar-refractivity contribution is 7.88. The number of piperazine rings is 1. The van der Waals surface area contributed by atoms with Crippen LogP contribution in [0.4, 0.5) is 0 Å². The molecule has 2 heterocycles. The summed E-state index contributed by atoms with van der Waals surface area (Å²) in [6, 6.07) is 0. The molecule has 1 saturated heterocycles. The van der Waals surface area contributed by atoms with Crippen LogP contribution in [0.2, 0.25) is 0 Å². The molecular weight excluding hydrogens is 258 g/mol. The number of aryl methyl sites for hydroxylation is 1. The first kappa shape index (κ1) is 13.0. The molecule has 0 bridgehead atoms. The van der Waals surface area contributed by atoms with E-state index in [0.29, 0.717) is 32.0 Å². The minimum Gasteiger partial charge on any atom is -0.333 e. The number of nitrogens with zero attached hydrogens (tertiary/aromatic N) is 4. The van der Waals surface area contributed by atoms with Crippen molar-refractivity contribution in [1.82, 2.24) is 24.4 Å². The molecule has 1 aromatic heterocycles. The molecule has 0 aromatic carbocycles. The fourth-order valence-electron chi connectivity index (χ4n) is 1.80. The van der Waals surface area contributed by atoms with Crippen LogP contribution in [0, 0.1) is 6.92 Å². The molecule has 1 amide bonds. The maximum atomic E-state index is 12.0. The Morgan fingerprint density at radius 2 is 1.89 bits per heavy atom. The third-order valence-corrected chi connectivity index (χ3v) is 4.09. The fourth-order valence-corrected chi connectivity index (χ4v) is 2.63. The van der Waals surface area contributed by atoms with Crippen molar-refractivity contribution in [2.24, 2.45) is 0 Å². The number of hydrogen-bond acceptors (Lipinski definition) is 5. The summed E-state index contributed by atoms with van der Waals surface area (Å²) in [7, 11) is -3.18. The second-order valence-corrected chi connectivity index (χ2v) is 6.18. The van der Waals surface area contributed by atoms with E-state index < -0.39 is 10.0 Å². The van der Waals surface area contributed by atoms with Crippen LogP contribution in [-0.2, 0) is 10.0 Å². The van der Waals surface area contributed by atoms with Crippen LogP contribution in [0.15, 0.2) is 0 Å². The molecule has 1 aliphatic rings. The van der Waals surface area contributed by atoms with Gasteiger partial charge in [-0.2, -0.15) is 4.31 Å². The molecule has 1 aromatic rings. The van der Waals surface area contributed by atoms with E-state index in [1.807, 2.05) is 0 Å². The van der Waals surface area contributed by atoms with E-state index in [1.54, 1.807) is 11.8 Å². The first-order valence-electron chi connectivity index (χ1n) is 5.51. The van der Waals surface area contributed by atoms with Gasteiger partial charge in [0.25, 0.3) is 5.91 Å². The standard InChI is InChI=1S/C9H15N5O3S/c1-7-10-8(12-11-7)9(15)13-3-5-14(6-4-13)18(2,16)17/h3-6H2,1-2H3,(H,10,11,12). The van der Waals surface area contributed by atoms with E-state index in [1.165, 1.54) is 10.6 Å². The summed E-state index contributed by atoms with van der Waals surface area (Å²) in [5.74, 6) is 0.431. The largest absolute Gasteiger partial charge is 0.333 e. The van der Waals surface area contributed by atoms with Gasteiger partial charge in [-0.1, -0.05) is 0 Å². The van der Waals surface area contributed by atoms with Crippen LogP contribution in [0.25, 0.3) is 0 Å². The molecule has 0 spiro atoms. The lowest BCUT2D eigenvalue weighted by Gasteiger charge is -2.32. The molecule has 8 nitrogen and oxygen atoms in total. The van der Waals surface area contributed by atoms with Crippen LogP contribution >= 0.6 is 0 Å². The van der Waals surface area contributed by atoms with Gasteiger partial charge in [-0.05, 0) is 6.92 Å². The van der Waals surface area contributed by atoms with Crippen molar-refractivity contribution in [1.29, 1.82) is 0 Å². The molecule has 0 aliphatic carbocycles. The van der Waals surface area contributed by atoms with E-state index in [2.05, 4.69) is 15.2 Å². The molecule has 1 aliphatic heterocycles. The number of rotatable bonds is 2. The first-order valence-corrected chi connectivity index (χ1v) is 7.36. The van der Waals surface area contributed by atoms with Gasteiger partial charge in [0.1, 0.15) is 5.82 Å². The summed E-state index contributed by atoms with van der Waals surface area (Å²) < 4.78 is 24.0. The highest BCUT2D eigenvalue weighted by atomic mass is 32.2. The normalized spacial score (nSPS) is 18.0. The molecule has 0 unspecified atom stereocenters. The molecular formula is C9H15N5O3S. The number of carbonyl (C=O) groups excluding carboxylic acids is 1. The van der Waals surface area contributed by atoms with Gasteiger partial charge in [0, 0.05) is 26.2 Å². The third kappa shape index (κ3) is 2.67. The topological polar surface area (TPSA) is 99.3 Å². The Balaban J connectivity index is 2.00. The van der Waals surface area contributed by atoms with Crippen molar-refractivity contribution >= 4 is 15.9 Å². The minimum atomic E-state index is -3.18. The van der Waals surface area contributed by atoms with Crippen LogP contribution < -0.4 is 0 Å². The summed E-state index contributed by atoms with van der Waals surface area (Å²) in [5, 5.41) is 6.41. The number of aromatic nitrogens is 3. The Labute approximate surface area is 105 Å². The molecule has 1 fully saturated rings.